The van der Waals surface area contributed by atoms with Crippen LogP contribution in [0.25, 0.3) is 11.6 Å². The Kier molecular flexibility index (Phi) is 3.94. The van der Waals surface area contributed by atoms with Crippen LogP contribution in [0.3, 0.4) is 0 Å². The average molecular weight is 325 g/mol. The molecule has 3 nitrogen and oxygen atoms in total. The van der Waals surface area contributed by atoms with Gasteiger partial charge in [-0.1, -0.05) is 35.9 Å². The smallest absolute Gasteiger partial charge is 0.175 e. The fourth-order valence-corrected chi connectivity index (χ4v) is 3.40. The summed E-state index contributed by atoms with van der Waals surface area (Å²) < 4.78 is 23.0. The highest BCUT2D eigenvalue weighted by atomic mass is 32.2. The third-order valence-electron chi connectivity index (χ3n) is 4.04. The minimum absolute atomic E-state index is 0.341. The maximum absolute atomic E-state index is 11.5. The third kappa shape index (κ3) is 3.27. The number of pyridine rings is 1. The van der Waals surface area contributed by atoms with Crippen molar-refractivity contribution < 1.29 is 8.42 Å². The molecule has 1 aliphatic carbocycles. The number of nitrogens with zero attached hydrogens (tertiary/aromatic N) is 1. The Balaban J connectivity index is 1.89. The largest absolute Gasteiger partial charge is 0.253 e. The lowest BCUT2D eigenvalue weighted by atomic mass is 10.1. The summed E-state index contributed by atoms with van der Waals surface area (Å²) in [6.45, 7) is 4.13. The summed E-state index contributed by atoms with van der Waals surface area (Å²) in [6.07, 6.45) is 6.23. The monoisotopic (exact) mass is 325 g/mol. The first kappa shape index (κ1) is 15.7. The molecule has 0 bridgehead atoms. The molecule has 0 N–H and O–H groups in total. The summed E-state index contributed by atoms with van der Waals surface area (Å²) in [6, 6.07) is 11.1. The van der Waals surface area contributed by atoms with Crippen LogP contribution in [0.2, 0.25) is 0 Å². The fraction of sp³-hybridized carbons (Fsp3) is 0.211. The number of rotatable bonds is 3. The van der Waals surface area contributed by atoms with Crippen molar-refractivity contribution in [2.45, 2.75) is 25.2 Å². The quantitative estimate of drug-likeness (QED) is 0.861. The van der Waals surface area contributed by atoms with E-state index in [0.29, 0.717) is 4.90 Å². The van der Waals surface area contributed by atoms with Crippen LogP contribution in [0.15, 0.2) is 52.9 Å². The lowest BCUT2D eigenvalue weighted by Crippen LogP contribution is -1.96. The first-order valence-electron chi connectivity index (χ1n) is 7.49. The zero-order chi connectivity index (χ0) is 16.6. The molecule has 4 heteroatoms. The molecule has 0 saturated carbocycles. The van der Waals surface area contributed by atoms with Crippen molar-refractivity contribution in [2.75, 3.05) is 6.26 Å². The molecule has 0 fully saturated rings. The van der Waals surface area contributed by atoms with E-state index < -0.39 is 9.84 Å². The zero-order valence-electron chi connectivity index (χ0n) is 13.5. The van der Waals surface area contributed by atoms with Crippen LogP contribution in [0, 0.1) is 6.92 Å². The molecule has 1 heterocycles. The van der Waals surface area contributed by atoms with Crippen LogP contribution in [-0.4, -0.2) is 19.7 Å². The topological polar surface area (TPSA) is 47.0 Å². The Labute approximate surface area is 137 Å². The Morgan fingerprint density at radius 1 is 1.00 bits per heavy atom. The Morgan fingerprint density at radius 2 is 1.70 bits per heavy atom. The van der Waals surface area contributed by atoms with Gasteiger partial charge in [-0.05, 0) is 55.2 Å². The van der Waals surface area contributed by atoms with Crippen LogP contribution in [0.1, 0.15) is 29.4 Å². The zero-order valence-corrected chi connectivity index (χ0v) is 14.3. The summed E-state index contributed by atoms with van der Waals surface area (Å²) in [5, 5.41) is 0. The summed E-state index contributed by atoms with van der Waals surface area (Å²) in [5.74, 6) is 0. The minimum atomic E-state index is -3.15. The van der Waals surface area contributed by atoms with Crippen molar-refractivity contribution >= 4 is 21.5 Å². The van der Waals surface area contributed by atoms with E-state index in [-0.39, 0.29) is 0 Å². The second-order valence-electron chi connectivity index (χ2n) is 6.01. The van der Waals surface area contributed by atoms with E-state index in [2.05, 4.69) is 24.1 Å². The normalized spacial score (nSPS) is 14.6. The molecule has 0 atom stereocenters. The van der Waals surface area contributed by atoms with Gasteiger partial charge in [0.05, 0.1) is 10.6 Å². The van der Waals surface area contributed by atoms with Crippen molar-refractivity contribution in [1.29, 1.82) is 0 Å². The second-order valence-corrected chi connectivity index (χ2v) is 8.02. The standard InChI is InChI=1S/C19H19NO2S/c1-13-12-16-8-4-14(2)20-19(16)18(13)11-7-15-5-9-17(10-6-15)23(3,21)22/h4-11H,12H2,1-3H3/b11-7+. The molecule has 2 aromatic rings. The molecular weight excluding hydrogens is 306 g/mol. The highest BCUT2D eigenvalue weighted by Crippen LogP contribution is 2.32. The molecule has 0 aliphatic heterocycles. The Bertz CT molecular complexity index is 920. The average Bonchev–Trinajstić information content (AvgIpc) is 2.79. The first-order valence-corrected chi connectivity index (χ1v) is 9.38. The van der Waals surface area contributed by atoms with Gasteiger partial charge in [-0.25, -0.2) is 8.42 Å². The van der Waals surface area contributed by atoms with Gasteiger partial charge in [-0.15, -0.1) is 0 Å². The molecule has 118 valence electrons. The minimum Gasteiger partial charge on any atom is -0.253 e. The number of benzene rings is 1. The van der Waals surface area contributed by atoms with Crippen molar-refractivity contribution in [3.8, 4) is 0 Å². The number of aromatic nitrogens is 1. The highest BCUT2D eigenvalue weighted by molar-refractivity contribution is 7.90. The number of allylic oxidation sites excluding steroid dienone is 3. The molecule has 0 radical (unpaired) electrons. The van der Waals surface area contributed by atoms with Gasteiger partial charge in [-0.3, -0.25) is 4.98 Å². The van der Waals surface area contributed by atoms with Gasteiger partial charge in [0.1, 0.15) is 0 Å². The summed E-state index contributed by atoms with van der Waals surface area (Å²) in [4.78, 5) is 5.00. The molecule has 23 heavy (non-hydrogen) atoms. The summed E-state index contributed by atoms with van der Waals surface area (Å²) >= 11 is 0. The molecule has 1 aromatic carbocycles. The van der Waals surface area contributed by atoms with E-state index in [1.165, 1.54) is 17.4 Å². The van der Waals surface area contributed by atoms with Gasteiger partial charge in [0.2, 0.25) is 0 Å². The Morgan fingerprint density at radius 3 is 2.35 bits per heavy atom. The number of aryl methyl sites for hydroxylation is 1. The van der Waals surface area contributed by atoms with E-state index in [1.54, 1.807) is 12.1 Å². The predicted molar refractivity (Wildman–Crippen MR) is 93.9 cm³/mol. The lowest BCUT2D eigenvalue weighted by Gasteiger charge is -2.03. The van der Waals surface area contributed by atoms with Crippen molar-refractivity contribution in [1.82, 2.24) is 4.98 Å². The van der Waals surface area contributed by atoms with Crippen molar-refractivity contribution in [2.24, 2.45) is 0 Å². The highest BCUT2D eigenvalue weighted by Gasteiger charge is 2.18. The van der Waals surface area contributed by atoms with E-state index in [4.69, 9.17) is 0 Å². The maximum atomic E-state index is 11.5. The number of fused-ring (bicyclic) bond motifs is 1. The SMILES string of the molecule is CC1=C(/C=C/c2ccc(S(C)(=O)=O)cc2)c2nc(C)ccc2C1. The molecular formula is C19H19NO2S. The van der Waals surface area contributed by atoms with Gasteiger partial charge in [0.15, 0.2) is 9.84 Å². The maximum Gasteiger partial charge on any atom is 0.175 e. The van der Waals surface area contributed by atoms with Crippen molar-refractivity contribution in [3.63, 3.8) is 0 Å². The third-order valence-corrected chi connectivity index (χ3v) is 5.17. The van der Waals surface area contributed by atoms with Crippen LogP contribution in [-0.2, 0) is 16.3 Å². The number of hydrogen-bond acceptors (Lipinski definition) is 3. The van der Waals surface area contributed by atoms with Gasteiger partial charge in [0, 0.05) is 11.9 Å². The van der Waals surface area contributed by atoms with E-state index in [0.717, 1.165) is 28.9 Å². The summed E-state index contributed by atoms with van der Waals surface area (Å²) in [7, 11) is -3.15. The van der Waals surface area contributed by atoms with Gasteiger partial charge < -0.3 is 0 Å². The number of sulfone groups is 1. The second kappa shape index (κ2) is 5.78. The van der Waals surface area contributed by atoms with Gasteiger partial charge in [0.25, 0.3) is 0 Å². The molecule has 0 amide bonds. The number of hydrogen-bond donors (Lipinski definition) is 0. The van der Waals surface area contributed by atoms with E-state index in [9.17, 15) is 8.42 Å². The van der Waals surface area contributed by atoms with Crippen LogP contribution in [0.4, 0.5) is 0 Å². The molecule has 1 aromatic heterocycles. The first-order chi connectivity index (χ1) is 10.8. The molecule has 3 rings (SSSR count). The molecule has 0 spiro atoms. The van der Waals surface area contributed by atoms with E-state index in [1.807, 2.05) is 31.2 Å². The molecule has 0 saturated heterocycles. The Hall–Kier alpha value is -2.20. The van der Waals surface area contributed by atoms with Crippen LogP contribution >= 0.6 is 0 Å². The van der Waals surface area contributed by atoms with Crippen molar-refractivity contribution in [3.05, 3.63) is 70.6 Å². The van der Waals surface area contributed by atoms with E-state index >= 15 is 0 Å². The summed E-state index contributed by atoms with van der Waals surface area (Å²) in [5.41, 5.74) is 6.78. The lowest BCUT2D eigenvalue weighted by molar-refractivity contribution is 0.602. The van der Waals surface area contributed by atoms with Crippen LogP contribution in [0.5, 0.6) is 0 Å². The predicted octanol–water partition coefficient (Wildman–Crippen LogP) is 3.84. The molecule has 1 aliphatic rings. The van der Waals surface area contributed by atoms with Gasteiger partial charge in [-0.2, -0.15) is 0 Å². The van der Waals surface area contributed by atoms with Gasteiger partial charge >= 0.3 is 0 Å². The fourth-order valence-electron chi connectivity index (χ4n) is 2.77. The molecule has 0 unspecified atom stereocenters. The van der Waals surface area contributed by atoms with Crippen LogP contribution < -0.4 is 0 Å².